The number of benzene rings is 1. The highest BCUT2D eigenvalue weighted by Crippen LogP contribution is 2.24. The minimum absolute atomic E-state index is 0.102. The maximum atomic E-state index is 13.5. The molecule has 1 aliphatic rings. The average molecular weight is 268 g/mol. The second kappa shape index (κ2) is 6.32. The maximum absolute atomic E-state index is 13.5. The minimum atomic E-state index is -0.314. The summed E-state index contributed by atoms with van der Waals surface area (Å²) in [6.45, 7) is 3.74. The summed E-state index contributed by atoms with van der Waals surface area (Å²) in [5.74, 6) is -0.0313. The lowest BCUT2D eigenvalue weighted by Crippen LogP contribution is -2.54. The van der Waals surface area contributed by atoms with E-state index in [-0.39, 0.29) is 17.0 Å². The summed E-state index contributed by atoms with van der Waals surface area (Å²) in [4.78, 5) is 0. The van der Waals surface area contributed by atoms with Crippen molar-refractivity contribution in [2.24, 2.45) is 11.1 Å². The van der Waals surface area contributed by atoms with Crippen molar-refractivity contribution in [2.45, 2.75) is 6.42 Å². The van der Waals surface area contributed by atoms with Gasteiger partial charge in [0.05, 0.1) is 20.3 Å². The van der Waals surface area contributed by atoms with Crippen LogP contribution in [0.3, 0.4) is 0 Å². The lowest BCUT2D eigenvalue weighted by molar-refractivity contribution is -0.104. The fraction of sp³-hybridized carbons (Fsp3) is 0.571. The van der Waals surface area contributed by atoms with Crippen molar-refractivity contribution in [3.8, 4) is 5.75 Å². The highest BCUT2D eigenvalue weighted by Gasteiger charge is 2.36. The molecule has 0 bridgehead atoms. The summed E-state index contributed by atoms with van der Waals surface area (Å²) < 4.78 is 23.6. The highest BCUT2D eigenvalue weighted by atomic mass is 19.1. The third-order valence-electron chi connectivity index (χ3n) is 3.56. The molecule has 1 saturated heterocycles. The summed E-state index contributed by atoms with van der Waals surface area (Å²) in [6.07, 6.45) is 0.780. The van der Waals surface area contributed by atoms with E-state index in [0.717, 1.165) is 38.3 Å². The smallest absolute Gasteiger partial charge is 0.165 e. The molecule has 1 aromatic carbocycles. The lowest BCUT2D eigenvalue weighted by Gasteiger charge is -2.40. The Morgan fingerprint density at radius 3 is 2.79 bits per heavy atom. The molecule has 2 rings (SSSR count). The molecule has 0 radical (unpaired) electrons. The van der Waals surface area contributed by atoms with Gasteiger partial charge in [0.25, 0.3) is 0 Å². The van der Waals surface area contributed by atoms with Crippen molar-refractivity contribution in [3.05, 3.63) is 29.6 Å². The first-order valence-electron chi connectivity index (χ1n) is 6.50. The van der Waals surface area contributed by atoms with Crippen molar-refractivity contribution in [1.82, 2.24) is 5.32 Å². The van der Waals surface area contributed by atoms with Gasteiger partial charge in [-0.2, -0.15) is 0 Å². The van der Waals surface area contributed by atoms with E-state index < -0.39 is 0 Å². The van der Waals surface area contributed by atoms with Crippen LogP contribution in [0.1, 0.15) is 5.56 Å². The Labute approximate surface area is 113 Å². The van der Waals surface area contributed by atoms with Crippen molar-refractivity contribution in [1.29, 1.82) is 0 Å². The van der Waals surface area contributed by atoms with Gasteiger partial charge in [0.15, 0.2) is 11.6 Å². The molecule has 1 fully saturated rings. The molecule has 0 spiro atoms. The highest BCUT2D eigenvalue weighted by molar-refractivity contribution is 5.29. The topological polar surface area (TPSA) is 56.5 Å². The first-order chi connectivity index (χ1) is 9.19. The van der Waals surface area contributed by atoms with E-state index in [2.05, 4.69) is 5.32 Å². The fourth-order valence-corrected chi connectivity index (χ4v) is 2.13. The zero-order valence-corrected chi connectivity index (χ0v) is 11.2. The molecule has 0 amide bonds. The summed E-state index contributed by atoms with van der Waals surface area (Å²) in [5.41, 5.74) is 6.79. The van der Waals surface area contributed by atoms with E-state index in [1.54, 1.807) is 6.07 Å². The number of halogens is 1. The second-order valence-corrected chi connectivity index (χ2v) is 5.09. The molecule has 5 heteroatoms. The van der Waals surface area contributed by atoms with Crippen LogP contribution in [0.2, 0.25) is 0 Å². The predicted octanol–water partition coefficient (Wildman–Crippen LogP) is 0.942. The number of ether oxygens (including phenoxy) is 2. The molecule has 0 aliphatic carbocycles. The molecule has 3 N–H and O–H groups in total. The molecule has 1 heterocycles. The van der Waals surface area contributed by atoms with E-state index >= 15 is 0 Å². The van der Waals surface area contributed by atoms with Gasteiger partial charge in [0.1, 0.15) is 0 Å². The zero-order valence-electron chi connectivity index (χ0n) is 11.2. The van der Waals surface area contributed by atoms with Crippen molar-refractivity contribution < 1.29 is 13.9 Å². The number of methoxy groups -OCH3 is 1. The van der Waals surface area contributed by atoms with E-state index in [1.807, 2.05) is 6.07 Å². The Balaban J connectivity index is 1.75. The Kier molecular flexibility index (Phi) is 4.74. The summed E-state index contributed by atoms with van der Waals surface area (Å²) in [5, 5.41) is 3.36. The Bertz CT molecular complexity index is 416. The van der Waals surface area contributed by atoms with E-state index in [0.29, 0.717) is 6.54 Å². The van der Waals surface area contributed by atoms with Crippen LogP contribution in [0, 0.1) is 11.2 Å². The Morgan fingerprint density at radius 2 is 2.26 bits per heavy atom. The summed E-state index contributed by atoms with van der Waals surface area (Å²) in [7, 11) is 1.46. The van der Waals surface area contributed by atoms with Crippen LogP contribution in [-0.2, 0) is 11.2 Å². The SMILES string of the molecule is COc1ccc(CCNCC2(CN)COC2)cc1F. The molecule has 4 nitrogen and oxygen atoms in total. The van der Waals surface area contributed by atoms with Crippen LogP contribution < -0.4 is 15.8 Å². The molecule has 0 saturated carbocycles. The molecule has 1 aliphatic heterocycles. The van der Waals surface area contributed by atoms with Gasteiger partial charge >= 0.3 is 0 Å². The van der Waals surface area contributed by atoms with Crippen LogP contribution in [0.25, 0.3) is 0 Å². The number of hydrogen-bond acceptors (Lipinski definition) is 4. The normalized spacial score (nSPS) is 17.0. The van der Waals surface area contributed by atoms with E-state index in [4.69, 9.17) is 15.2 Å². The molecular weight excluding hydrogens is 247 g/mol. The molecule has 19 heavy (non-hydrogen) atoms. The van der Waals surface area contributed by atoms with Gasteiger partial charge in [-0.1, -0.05) is 6.07 Å². The second-order valence-electron chi connectivity index (χ2n) is 5.09. The van der Waals surface area contributed by atoms with Crippen LogP contribution >= 0.6 is 0 Å². The van der Waals surface area contributed by atoms with Gasteiger partial charge in [0.2, 0.25) is 0 Å². The minimum Gasteiger partial charge on any atom is -0.494 e. The third kappa shape index (κ3) is 3.43. The number of nitrogens with one attached hydrogen (secondary N) is 1. The molecule has 0 aromatic heterocycles. The first-order valence-corrected chi connectivity index (χ1v) is 6.50. The van der Waals surface area contributed by atoms with Gasteiger partial charge in [-0.15, -0.1) is 0 Å². The van der Waals surface area contributed by atoms with Crippen molar-refractivity contribution in [3.63, 3.8) is 0 Å². The van der Waals surface area contributed by atoms with Crippen LogP contribution in [0.4, 0.5) is 4.39 Å². The van der Waals surface area contributed by atoms with Crippen LogP contribution in [-0.4, -0.2) is 40.0 Å². The summed E-state index contributed by atoms with van der Waals surface area (Å²) >= 11 is 0. The maximum Gasteiger partial charge on any atom is 0.165 e. The average Bonchev–Trinajstić information content (AvgIpc) is 2.37. The number of nitrogens with two attached hydrogens (primary N) is 1. The monoisotopic (exact) mass is 268 g/mol. The lowest BCUT2D eigenvalue weighted by atomic mass is 9.86. The quantitative estimate of drug-likeness (QED) is 0.723. The van der Waals surface area contributed by atoms with Crippen molar-refractivity contribution in [2.75, 3.05) is 40.0 Å². The van der Waals surface area contributed by atoms with Gasteiger partial charge in [-0.05, 0) is 30.7 Å². The van der Waals surface area contributed by atoms with E-state index in [1.165, 1.54) is 13.2 Å². The fourth-order valence-electron chi connectivity index (χ4n) is 2.13. The largest absolute Gasteiger partial charge is 0.494 e. The van der Waals surface area contributed by atoms with Crippen LogP contribution in [0.15, 0.2) is 18.2 Å². The van der Waals surface area contributed by atoms with Gasteiger partial charge in [-0.3, -0.25) is 0 Å². The third-order valence-corrected chi connectivity index (χ3v) is 3.56. The molecule has 0 unspecified atom stereocenters. The molecular formula is C14H21FN2O2. The van der Waals surface area contributed by atoms with Crippen LogP contribution in [0.5, 0.6) is 5.75 Å². The zero-order chi connectivity index (χ0) is 13.7. The Morgan fingerprint density at radius 1 is 1.47 bits per heavy atom. The first kappa shape index (κ1) is 14.2. The van der Waals surface area contributed by atoms with Gasteiger partial charge in [0, 0.05) is 18.5 Å². The molecule has 0 atom stereocenters. The van der Waals surface area contributed by atoms with E-state index in [9.17, 15) is 4.39 Å². The Hall–Kier alpha value is -1.17. The summed E-state index contributed by atoms with van der Waals surface area (Å²) in [6, 6.07) is 5.06. The van der Waals surface area contributed by atoms with Crippen molar-refractivity contribution >= 4 is 0 Å². The molecule has 1 aromatic rings. The van der Waals surface area contributed by atoms with Gasteiger partial charge < -0.3 is 20.5 Å². The standard InChI is InChI=1S/C14H21FN2O2/c1-18-13-3-2-11(6-12(13)15)4-5-17-8-14(7-16)9-19-10-14/h2-3,6,17H,4-5,7-10,16H2,1H3. The van der Waals surface area contributed by atoms with Gasteiger partial charge in [-0.25, -0.2) is 4.39 Å². The number of rotatable bonds is 7. The number of hydrogen-bond donors (Lipinski definition) is 2. The predicted molar refractivity (Wildman–Crippen MR) is 71.8 cm³/mol. The molecule has 106 valence electrons.